The number of hydrogen-bond acceptors (Lipinski definition) is 2. The van der Waals surface area contributed by atoms with Gasteiger partial charge in [-0.3, -0.25) is 0 Å². The smallest absolute Gasteiger partial charge is 0.169 e. The first kappa shape index (κ1) is 13.4. The highest BCUT2D eigenvalue weighted by Crippen LogP contribution is 2.41. The summed E-state index contributed by atoms with van der Waals surface area (Å²) in [5, 5.41) is 0.822. The summed E-state index contributed by atoms with van der Waals surface area (Å²) in [5.41, 5.74) is 1.15. The van der Waals surface area contributed by atoms with Gasteiger partial charge >= 0.3 is 0 Å². The molecule has 2 aliphatic rings. The van der Waals surface area contributed by atoms with Gasteiger partial charge in [-0.1, -0.05) is 36.2 Å². The van der Waals surface area contributed by atoms with Crippen LogP contribution in [-0.4, -0.2) is 18.0 Å². The predicted octanol–water partition coefficient (Wildman–Crippen LogP) is 4.35. The normalized spacial score (nSPS) is 29.8. The van der Waals surface area contributed by atoms with Crippen LogP contribution >= 0.6 is 11.6 Å². The van der Waals surface area contributed by atoms with Crippen LogP contribution in [0.1, 0.15) is 44.6 Å². The highest BCUT2D eigenvalue weighted by molar-refractivity contribution is 6.31. The Balaban J connectivity index is 1.70. The van der Waals surface area contributed by atoms with Crippen molar-refractivity contribution in [2.75, 3.05) is 0 Å². The number of rotatable bonds is 2. The molecule has 0 aromatic heterocycles. The van der Waals surface area contributed by atoms with Gasteiger partial charge in [0.05, 0.1) is 12.2 Å². The number of ether oxygens (including phenoxy) is 2. The van der Waals surface area contributed by atoms with Gasteiger partial charge in [0.25, 0.3) is 0 Å². The van der Waals surface area contributed by atoms with E-state index in [1.807, 2.05) is 18.2 Å². The van der Waals surface area contributed by atoms with E-state index in [4.69, 9.17) is 21.1 Å². The third-order valence-electron chi connectivity index (χ3n) is 4.28. The molecule has 1 heterocycles. The second kappa shape index (κ2) is 5.43. The van der Waals surface area contributed by atoms with Crippen LogP contribution in [-0.2, 0) is 15.9 Å². The molecule has 19 heavy (non-hydrogen) atoms. The van der Waals surface area contributed by atoms with Crippen molar-refractivity contribution >= 4 is 11.6 Å². The second-order valence-electron chi connectivity index (χ2n) is 5.75. The molecule has 104 valence electrons. The van der Waals surface area contributed by atoms with Crippen LogP contribution in [0.15, 0.2) is 24.3 Å². The zero-order valence-corrected chi connectivity index (χ0v) is 12.2. The average Bonchev–Trinajstić information content (AvgIpc) is 2.69. The zero-order chi connectivity index (χ0) is 13.3. The standard InChI is InChI=1S/C16H21ClO2/c1-12-15(11-13-7-3-4-8-14(13)17)19-16(18-12)9-5-2-6-10-16/h3-4,7-8,12,15H,2,5-6,9-11H2,1H3/t12-,15+/m0/s1. The fraction of sp³-hybridized carbons (Fsp3) is 0.625. The highest BCUT2D eigenvalue weighted by atomic mass is 35.5. The minimum atomic E-state index is -0.302. The first-order valence-electron chi connectivity index (χ1n) is 7.28. The Morgan fingerprint density at radius 3 is 2.63 bits per heavy atom. The number of benzene rings is 1. The molecule has 1 aliphatic carbocycles. The molecule has 1 saturated carbocycles. The fourth-order valence-electron chi connectivity index (χ4n) is 3.23. The average molecular weight is 281 g/mol. The minimum Gasteiger partial charge on any atom is -0.344 e. The van der Waals surface area contributed by atoms with Crippen LogP contribution < -0.4 is 0 Å². The summed E-state index contributed by atoms with van der Waals surface area (Å²) in [7, 11) is 0. The minimum absolute atomic E-state index is 0.123. The van der Waals surface area contributed by atoms with Gasteiger partial charge in [-0.05, 0) is 31.4 Å². The Kier molecular flexibility index (Phi) is 3.84. The molecule has 0 radical (unpaired) electrons. The lowest BCUT2D eigenvalue weighted by atomic mass is 9.94. The van der Waals surface area contributed by atoms with Gasteiger partial charge in [0.2, 0.25) is 0 Å². The third-order valence-corrected chi connectivity index (χ3v) is 4.65. The molecule has 0 amide bonds. The summed E-state index contributed by atoms with van der Waals surface area (Å²) < 4.78 is 12.4. The first-order chi connectivity index (χ1) is 9.19. The maximum Gasteiger partial charge on any atom is 0.169 e. The van der Waals surface area contributed by atoms with Crippen molar-refractivity contribution < 1.29 is 9.47 Å². The molecule has 1 aromatic rings. The van der Waals surface area contributed by atoms with Crippen molar-refractivity contribution in [3.63, 3.8) is 0 Å². The molecule has 3 rings (SSSR count). The van der Waals surface area contributed by atoms with Crippen molar-refractivity contribution in [3.8, 4) is 0 Å². The van der Waals surface area contributed by atoms with E-state index in [-0.39, 0.29) is 18.0 Å². The van der Waals surface area contributed by atoms with E-state index in [0.717, 1.165) is 29.8 Å². The quantitative estimate of drug-likeness (QED) is 0.802. The van der Waals surface area contributed by atoms with Gasteiger partial charge in [0.1, 0.15) is 0 Å². The summed E-state index contributed by atoms with van der Waals surface area (Å²) in [6.45, 7) is 2.12. The monoisotopic (exact) mass is 280 g/mol. The molecule has 3 heteroatoms. The van der Waals surface area contributed by atoms with Crippen molar-refractivity contribution in [2.45, 2.75) is 63.4 Å². The zero-order valence-electron chi connectivity index (χ0n) is 11.4. The topological polar surface area (TPSA) is 18.5 Å². The maximum absolute atomic E-state index is 6.28. The summed E-state index contributed by atoms with van der Waals surface area (Å²) in [6.07, 6.45) is 6.91. The van der Waals surface area contributed by atoms with E-state index < -0.39 is 0 Å². The van der Waals surface area contributed by atoms with Gasteiger partial charge in [-0.15, -0.1) is 0 Å². The maximum atomic E-state index is 6.28. The van der Waals surface area contributed by atoms with Crippen LogP contribution in [0.4, 0.5) is 0 Å². The lowest BCUT2D eigenvalue weighted by molar-refractivity contribution is -0.192. The molecule has 1 aliphatic heterocycles. The molecule has 0 bridgehead atoms. The van der Waals surface area contributed by atoms with Crippen LogP contribution in [0.25, 0.3) is 0 Å². The van der Waals surface area contributed by atoms with E-state index in [9.17, 15) is 0 Å². The Morgan fingerprint density at radius 1 is 1.16 bits per heavy atom. The molecule has 0 N–H and O–H groups in total. The van der Waals surface area contributed by atoms with Crippen molar-refractivity contribution in [1.82, 2.24) is 0 Å². The second-order valence-corrected chi connectivity index (χ2v) is 6.15. The van der Waals surface area contributed by atoms with Gasteiger partial charge < -0.3 is 9.47 Å². The number of halogens is 1. The molecule has 2 nitrogen and oxygen atoms in total. The van der Waals surface area contributed by atoms with Crippen LogP contribution in [0, 0.1) is 0 Å². The Morgan fingerprint density at radius 2 is 1.89 bits per heavy atom. The fourth-order valence-corrected chi connectivity index (χ4v) is 3.44. The van der Waals surface area contributed by atoms with Gasteiger partial charge in [-0.2, -0.15) is 0 Å². The SMILES string of the molecule is C[C@@H]1OC2(CCCCC2)O[C@@H]1Cc1ccccc1Cl. The van der Waals surface area contributed by atoms with Crippen LogP contribution in [0.3, 0.4) is 0 Å². The molecule has 0 unspecified atom stereocenters. The largest absolute Gasteiger partial charge is 0.344 e. The van der Waals surface area contributed by atoms with Crippen molar-refractivity contribution in [1.29, 1.82) is 0 Å². The van der Waals surface area contributed by atoms with Gasteiger partial charge in [0.15, 0.2) is 5.79 Å². The van der Waals surface area contributed by atoms with E-state index in [1.54, 1.807) is 0 Å². The summed E-state index contributed by atoms with van der Waals surface area (Å²) >= 11 is 6.23. The van der Waals surface area contributed by atoms with E-state index in [0.29, 0.717) is 0 Å². The molecule has 1 aromatic carbocycles. The molecular formula is C16H21ClO2. The summed E-state index contributed by atoms with van der Waals surface area (Å²) in [5.74, 6) is -0.302. The Labute approximate surface area is 120 Å². The lowest BCUT2D eigenvalue weighted by Crippen LogP contribution is -2.33. The molecule has 1 spiro atoms. The van der Waals surface area contributed by atoms with Gasteiger partial charge in [-0.25, -0.2) is 0 Å². The van der Waals surface area contributed by atoms with Crippen molar-refractivity contribution in [3.05, 3.63) is 34.9 Å². The van der Waals surface area contributed by atoms with E-state index in [1.165, 1.54) is 19.3 Å². The first-order valence-corrected chi connectivity index (χ1v) is 7.65. The molecule has 1 saturated heterocycles. The summed E-state index contributed by atoms with van der Waals surface area (Å²) in [6, 6.07) is 8.00. The highest BCUT2D eigenvalue weighted by Gasteiger charge is 2.46. The Bertz CT molecular complexity index is 440. The van der Waals surface area contributed by atoms with Crippen LogP contribution in [0.5, 0.6) is 0 Å². The van der Waals surface area contributed by atoms with E-state index in [2.05, 4.69) is 13.0 Å². The molecule has 2 fully saturated rings. The predicted molar refractivity (Wildman–Crippen MR) is 76.4 cm³/mol. The number of hydrogen-bond donors (Lipinski definition) is 0. The van der Waals surface area contributed by atoms with Crippen molar-refractivity contribution in [2.24, 2.45) is 0 Å². The molecule has 2 atom stereocenters. The van der Waals surface area contributed by atoms with Gasteiger partial charge in [0, 0.05) is 24.3 Å². The third kappa shape index (κ3) is 2.81. The Hall–Kier alpha value is -0.570. The lowest BCUT2D eigenvalue weighted by Gasteiger charge is -2.32. The van der Waals surface area contributed by atoms with Crippen LogP contribution in [0.2, 0.25) is 5.02 Å². The molecular weight excluding hydrogens is 260 g/mol. The van der Waals surface area contributed by atoms with E-state index >= 15 is 0 Å². The summed E-state index contributed by atoms with van der Waals surface area (Å²) in [4.78, 5) is 0.